The van der Waals surface area contributed by atoms with Crippen molar-refractivity contribution >= 4 is 11.7 Å². The van der Waals surface area contributed by atoms with E-state index in [4.69, 9.17) is 0 Å². The van der Waals surface area contributed by atoms with Gasteiger partial charge in [-0.15, -0.1) is 0 Å². The van der Waals surface area contributed by atoms with Crippen molar-refractivity contribution in [3.63, 3.8) is 0 Å². The van der Waals surface area contributed by atoms with Crippen LogP contribution < -0.4 is 0 Å². The lowest BCUT2D eigenvalue weighted by molar-refractivity contribution is -0.130. The molecule has 0 aromatic heterocycles. The van der Waals surface area contributed by atoms with Gasteiger partial charge in [0.1, 0.15) is 5.78 Å². The van der Waals surface area contributed by atoms with Crippen molar-refractivity contribution in [2.24, 2.45) is 0 Å². The fourth-order valence-corrected chi connectivity index (χ4v) is 1.98. The summed E-state index contributed by atoms with van der Waals surface area (Å²) in [7, 11) is 3.52. The van der Waals surface area contributed by atoms with E-state index in [0.29, 0.717) is 13.0 Å². The summed E-state index contributed by atoms with van der Waals surface area (Å²) in [5, 5.41) is 0. The maximum absolute atomic E-state index is 11.5. The van der Waals surface area contributed by atoms with E-state index >= 15 is 0 Å². The number of carbonyl (C=O) groups excluding carboxylic acids is 2. The number of hydrogen-bond acceptors (Lipinski definition) is 3. The van der Waals surface area contributed by atoms with Crippen molar-refractivity contribution in [2.45, 2.75) is 32.2 Å². The zero-order valence-electron chi connectivity index (χ0n) is 9.82. The normalized spacial score (nSPS) is 21.7. The lowest BCUT2D eigenvalue weighted by Crippen LogP contribution is -2.39. The monoisotopic (exact) mass is 212 g/mol. The molecule has 0 aromatic rings. The molecule has 1 aliphatic heterocycles. The quantitative estimate of drug-likeness (QED) is 0.682. The van der Waals surface area contributed by atoms with E-state index in [1.165, 1.54) is 0 Å². The fourth-order valence-electron chi connectivity index (χ4n) is 1.98. The Balaban J connectivity index is 2.46. The van der Waals surface area contributed by atoms with E-state index in [0.717, 1.165) is 19.4 Å². The maximum atomic E-state index is 11.5. The first-order valence-electron chi connectivity index (χ1n) is 5.44. The lowest BCUT2D eigenvalue weighted by Gasteiger charge is -2.24. The minimum atomic E-state index is 0.116. The van der Waals surface area contributed by atoms with Gasteiger partial charge in [0, 0.05) is 26.6 Å². The minimum absolute atomic E-state index is 0.116. The van der Waals surface area contributed by atoms with Crippen molar-refractivity contribution in [2.75, 3.05) is 27.2 Å². The van der Waals surface area contributed by atoms with E-state index in [1.54, 1.807) is 25.9 Å². The first kappa shape index (κ1) is 12.2. The molecule has 4 nitrogen and oxygen atoms in total. The van der Waals surface area contributed by atoms with Crippen LogP contribution in [0.2, 0.25) is 0 Å². The molecule has 0 bridgehead atoms. The minimum Gasteiger partial charge on any atom is -0.348 e. The SMILES string of the molecule is CC(=O)CC1CCCN1CC(=O)N(C)C. The molecule has 1 aliphatic rings. The van der Waals surface area contributed by atoms with Crippen molar-refractivity contribution < 1.29 is 9.59 Å². The highest BCUT2D eigenvalue weighted by atomic mass is 16.2. The number of carbonyl (C=O) groups is 2. The first-order valence-corrected chi connectivity index (χ1v) is 5.44. The molecule has 4 heteroatoms. The van der Waals surface area contributed by atoms with E-state index < -0.39 is 0 Å². The highest BCUT2D eigenvalue weighted by molar-refractivity contribution is 5.78. The summed E-state index contributed by atoms with van der Waals surface area (Å²) >= 11 is 0. The van der Waals surface area contributed by atoms with Crippen LogP contribution in [0.4, 0.5) is 0 Å². The lowest BCUT2D eigenvalue weighted by atomic mass is 10.1. The van der Waals surface area contributed by atoms with E-state index in [9.17, 15) is 9.59 Å². The molecule has 1 saturated heterocycles. The third-order valence-corrected chi connectivity index (χ3v) is 2.86. The van der Waals surface area contributed by atoms with Gasteiger partial charge < -0.3 is 4.90 Å². The van der Waals surface area contributed by atoms with E-state index in [1.807, 2.05) is 0 Å². The van der Waals surface area contributed by atoms with Gasteiger partial charge in [-0.1, -0.05) is 0 Å². The molecule has 0 radical (unpaired) electrons. The molecule has 0 N–H and O–H groups in total. The number of ketones is 1. The van der Waals surface area contributed by atoms with E-state index in [-0.39, 0.29) is 17.7 Å². The van der Waals surface area contributed by atoms with Crippen molar-refractivity contribution in [3.8, 4) is 0 Å². The second-order valence-corrected chi connectivity index (χ2v) is 4.46. The maximum Gasteiger partial charge on any atom is 0.236 e. The Morgan fingerprint density at radius 3 is 2.60 bits per heavy atom. The second kappa shape index (κ2) is 5.26. The number of likely N-dealkylation sites (tertiary alicyclic amines) is 1. The topological polar surface area (TPSA) is 40.6 Å². The van der Waals surface area contributed by atoms with Crippen LogP contribution >= 0.6 is 0 Å². The van der Waals surface area contributed by atoms with Crippen LogP contribution in [-0.2, 0) is 9.59 Å². The molecule has 0 aliphatic carbocycles. The van der Waals surface area contributed by atoms with Gasteiger partial charge in [0.05, 0.1) is 6.54 Å². The molecule has 1 atom stereocenters. The molecule has 1 rings (SSSR count). The summed E-state index contributed by atoms with van der Waals surface area (Å²) in [6.45, 7) is 3.01. The number of rotatable bonds is 4. The van der Waals surface area contributed by atoms with Crippen molar-refractivity contribution in [3.05, 3.63) is 0 Å². The molecule has 0 aromatic carbocycles. The predicted molar refractivity (Wildman–Crippen MR) is 58.6 cm³/mol. The number of Topliss-reactive ketones (excluding diaryl/α,β-unsaturated/α-hetero) is 1. The van der Waals surface area contributed by atoms with Gasteiger partial charge in [-0.05, 0) is 26.3 Å². The van der Waals surface area contributed by atoms with Gasteiger partial charge in [-0.3, -0.25) is 14.5 Å². The van der Waals surface area contributed by atoms with Gasteiger partial charge in [0.25, 0.3) is 0 Å². The largest absolute Gasteiger partial charge is 0.348 e. The fraction of sp³-hybridized carbons (Fsp3) is 0.818. The smallest absolute Gasteiger partial charge is 0.236 e. The summed E-state index contributed by atoms with van der Waals surface area (Å²) in [6.07, 6.45) is 2.72. The molecular formula is C11H20N2O2. The molecule has 1 unspecified atom stereocenters. The molecule has 1 fully saturated rings. The van der Waals surface area contributed by atoms with Gasteiger partial charge >= 0.3 is 0 Å². The molecule has 1 amide bonds. The van der Waals surface area contributed by atoms with Crippen LogP contribution in [0.1, 0.15) is 26.2 Å². The average Bonchev–Trinajstić information content (AvgIpc) is 2.51. The van der Waals surface area contributed by atoms with Crippen molar-refractivity contribution in [1.82, 2.24) is 9.80 Å². The van der Waals surface area contributed by atoms with Crippen molar-refractivity contribution in [1.29, 1.82) is 0 Å². The zero-order valence-corrected chi connectivity index (χ0v) is 9.82. The standard InChI is InChI=1S/C11H20N2O2/c1-9(14)7-10-5-4-6-13(10)8-11(15)12(2)3/h10H,4-8H2,1-3H3. The highest BCUT2D eigenvalue weighted by Crippen LogP contribution is 2.19. The van der Waals surface area contributed by atoms with Crippen LogP contribution in [-0.4, -0.2) is 54.7 Å². The Kier molecular flexibility index (Phi) is 4.27. The Labute approximate surface area is 91.2 Å². The Hall–Kier alpha value is -0.900. The Bertz CT molecular complexity index is 251. The molecular weight excluding hydrogens is 192 g/mol. The van der Waals surface area contributed by atoms with Gasteiger partial charge in [-0.2, -0.15) is 0 Å². The zero-order chi connectivity index (χ0) is 11.4. The van der Waals surface area contributed by atoms with Crippen LogP contribution in [0.3, 0.4) is 0 Å². The number of likely N-dealkylation sites (N-methyl/N-ethyl adjacent to an activating group) is 1. The number of amides is 1. The summed E-state index contributed by atoms with van der Waals surface area (Å²) in [5.41, 5.74) is 0. The summed E-state index contributed by atoms with van der Waals surface area (Å²) in [5.74, 6) is 0.328. The molecule has 86 valence electrons. The van der Waals surface area contributed by atoms with Crippen LogP contribution in [0.15, 0.2) is 0 Å². The Morgan fingerprint density at radius 1 is 1.40 bits per heavy atom. The highest BCUT2D eigenvalue weighted by Gasteiger charge is 2.27. The third kappa shape index (κ3) is 3.63. The van der Waals surface area contributed by atoms with Crippen LogP contribution in [0, 0.1) is 0 Å². The van der Waals surface area contributed by atoms with Gasteiger partial charge in [-0.25, -0.2) is 0 Å². The molecule has 0 saturated carbocycles. The summed E-state index contributed by atoms with van der Waals surface area (Å²) < 4.78 is 0. The van der Waals surface area contributed by atoms with Crippen LogP contribution in [0.5, 0.6) is 0 Å². The van der Waals surface area contributed by atoms with Crippen LogP contribution in [0.25, 0.3) is 0 Å². The van der Waals surface area contributed by atoms with Gasteiger partial charge in [0.2, 0.25) is 5.91 Å². The second-order valence-electron chi connectivity index (χ2n) is 4.46. The predicted octanol–water partition coefficient (Wildman–Crippen LogP) is 0.518. The number of nitrogens with zero attached hydrogens (tertiary/aromatic N) is 2. The average molecular weight is 212 g/mol. The van der Waals surface area contributed by atoms with Gasteiger partial charge in [0.15, 0.2) is 0 Å². The molecule has 1 heterocycles. The van der Waals surface area contributed by atoms with E-state index in [2.05, 4.69) is 4.90 Å². The number of hydrogen-bond donors (Lipinski definition) is 0. The molecule has 0 spiro atoms. The Morgan fingerprint density at radius 2 is 2.07 bits per heavy atom. The summed E-state index contributed by atoms with van der Waals surface area (Å²) in [6, 6.07) is 0.284. The molecule has 15 heavy (non-hydrogen) atoms. The first-order chi connectivity index (χ1) is 7.00. The third-order valence-electron chi connectivity index (χ3n) is 2.86. The summed E-state index contributed by atoms with van der Waals surface area (Å²) in [4.78, 5) is 26.3.